The number of ether oxygens (including phenoxy) is 4. The van der Waals surface area contributed by atoms with Gasteiger partial charge in [0.05, 0.1) is 5.92 Å². The molecule has 0 aromatic heterocycles. The second kappa shape index (κ2) is 13.5. The van der Waals surface area contributed by atoms with Gasteiger partial charge in [-0.25, -0.2) is 0 Å². The maximum atomic E-state index is 11.6. The van der Waals surface area contributed by atoms with Gasteiger partial charge in [-0.3, -0.25) is 14.4 Å². The van der Waals surface area contributed by atoms with Crippen LogP contribution in [0.25, 0.3) is 0 Å². The summed E-state index contributed by atoms with van der Waals surface area (Å²) in [6.45, 7) is 7.40. The zero-order valence-electron chi connectivity index (χ0n) is 18.1. The molecule has 0 aliphatic heterocycles. The Labute approximate surface area is 173 Å². The van der Waals surface area contributed by atoms with Crippen molar-refractivity contribution in [2.24, 2.45) is 11.8 Å². The summed E-state index contributed by atoms with van der Waals surface area (Å²) in [5.74, 6) is -1.83. The lowest BCUT2D eigenvalue weighted by atomic mass is 9.87. The van der Waals surface area contributed by atoms with E-state index in [1.54, 1.807) is 0 Å². The molecule has 1 aliphatic rings. The number of hydrogen-bond acceptors (Lipinski definition) is 7. The minimum absolute atomic E-state index is 0.0641. The van der Waals surface area contributed by atoms with Gasteiger partial charge in [0.1, 0.15) is 12.2 Å². The van der Waals surface area contributed by atoms with E-state index in [1.165, 1.54) is 13.8 Å². The van der Waals surface area contributed by atoms with Gasteiger partial charge in [0, 0.05) is 45.8 Å². The van der Waals surface area contributed by atoms with Crippen LogP contribution in [0.2, 0.25) is 0 Å². The standard InChI is InChI=1S/C21H36O8/c1-5-26-21(27-6-2)20-16(11-9-7-8-10-12-19(24)25)17(28-14(3)22)13-18(20)29-15(4)23/h16-18,20-21H,5-13H2,1-4H3,(H,24,25)/t16-,17-,18+,20+/m0/s1. The zero-order valence-corrected chi connectivity index (χ0v) is 18.1. The highest BCUT2D eigenvalue weighted by Crippen LogP contribution is 2.43. The van der Waals surface area contributed by atoms with Crippen molar-refractivity contribution < 1.29 is 38.4 Å². The van der Waals surface area contributed by atoms with Crippen LogP contribution in [0.1, 0.15) is 72.6 Å². The Hall–Kier alpha value is -1.67. The molecule has 1 rings (SSSR count). The van der Waals surface area contributed by atoms with Crippen LogP contribution in [0, 0.1) is 11.8 Å². The van der Waals surface area contributed by atoms with Gasteiger partial charge in [0.25, 0.3) is 0 Å². The summed E-state index contributed by atoms with van der Waals surface area (Å²) in [7, 11) is 0. The van der Waals surface area contributed by atoms with E-state index in [4.69, 9.17) is 24.1 Å². The lowest BCUT2D eigenvalue weighted by molar-refractivity contribution is -0.199. The van der Waals surface area contributed by atoms with Gasteiger partial charge >= 0.3 is 17.9 Å². The number of carboxylic acid groups (broad SMARTS) is 1. The number of rotatable bonds is 14. The molecule has 0 radical (unpaired) electrons. The van der Waals surface area contributed by atoms with Crippen molar-refractivity contribution >= 4 is 17.9 Å². The molecule has 29 heavy (non-hydrogen) atoms. The number of carbonyl (C=O) groups is 3. The van der Waals surface area contributed by atoms with E-state index in [9.17, 15) is 14.4 Å². The minimum atomic E-state index is -0.781. The number of esters is 2. The van der Waals surface area contributed by atoms with Crippen LogP contribution in [-0.2, 0) is 33.3 Å². The summed E-state index contributed by atoms with van der Waals surface area (Å²) < 4.78 is 22.7. The van der Waals surface area contributed by atoms with E-state index in [2.05, 4.69) is 0 Å². The molecule has 0 saturated heterocycles. The van der Waals surface area contributed by atoms with Gasteiger partial charge in [0.2, 0.25) is 0 Å². The molecular formula is C21H36O8. The van der Waals surface area contributed by atoms with Gasteiger partial charge < -0.3 is 24.1 Å². The maximum Gasteiger partial charge on any atom is 0.303 e. The van der Waals surface area contributed by atoms with E-state index < -0.39 is 18.4 Å². The number of carboxylic acids is 1. The number of hydrogen-bond donors (Lipinski definition) is 1. The Bertz CT molecular complexity index is 515. The van der Waals surface area contributed by atoms with E-state index in [0.717, 1.165) is 25.7 Å². The zero-order chi connectivity index (χ0) is 21.8. The molecule has 0 spiro atoms. The van der Waals surface area contributed by atoms with E-state index in [1.807, 2.05) is 13.8 Å². The van der Waals surface area contributed by atoms with Crippen LogP contribution in [-0.4, -0.2) is 54.7 Å². The first-order chi connectivity index (χ1) is 13.8. The average Bonchev–Trinajstić information content (AvgIpc) is 2.92. The van der Waals surface area contributed by atoms with E-state index in [-0.39, 0.29) is 36.3 Å². The fourth-order valence-electron chi connectivity index (χ4n) is 4.14. The molecule has 0 aromatic rings. The predicted octanol–water partition coefficient (Wildman–Crippen LogP) is 3.31. The highest BCUT2D eigenvalue weighted by Gasteiger charge is 2.50. The number of unbranched alkanes of at least 4 members (excludes halogenated alkanes) is 3. The summed E-state index contributed by atoms with van der Waals surface area (Å²) in [5.41, 5.74) is 0. The molecule has 0 unspecified atom stereocenters. The van der Waals surface area contributed by atoms with Crippen molar-refractivity contribution in [2.75, 3.05) is 13.2 Å². The quantitative estimate of drug-likeness (QED) is 0.261. The molecule has 0 bridgehead atoms. The Morgan fingerprint density at radius 1 is 0.897 bits per heavy atom. The fraction of sp³-hybridized carbons (Fsp3) is 0.857. The normalized spacial score (nSPS) is 23.9. The van der Waals surface area contributed by atoms with E-state index in [0.29, 0.717) is 26.1 Å². The Morgan fingerprint density at radius 2 is 1.45 bits per heavy atom. The molecule has 1 saturated carbocycles. The molecule has 0 heterocycles. The molecule has 8 heteroatoms. The average molecular weight is 417 g/mol. The third-order valence-electron chi connectivity index (χ3n) is 5.15. The monoisotopic (exact) mass is 416 g/mol. The summed E-state index contributed by atoms with van der Waals surface area (Å²) in [6.07, 6.45) is 3.20. The molecule has 1 N–H and O–H groups in total. The van der Waals surface area contributed by atoms with Gasteiger partial charge in [-0.15, -0.1) is 0 Å². The number of carbonyl (C=O) groups excluding carboxylic acids is 2. The van der Waals surface area contributed by atoms with Crippen molar-refractivity contribution in [3.05, 3.63) is 0 Å². The van der Waals surface area contributed by atoms with Crippen LogP contribution in [0.3, 0.4) is 0 Å². The van der Waals surface area contributed by atoms with Crippen molar-refractivity contribution in [2.45, 2.75) is 91.1 Å². The summed E-state index contributed by atoms with van der Waals surface area (Å²) in [4.78, 5) is 33.9. The first kappa shape index (κ1) is 25.4. The Morgan fingerprint density at radius 3 is 1.97 bits per heavy atom. The fourth-order valence-corrected chi connectivity index (χ4v) is 4.14. The molecule has 0 amide bonds. The van der Waals surface area contributed by atoms with Crippen LogP contribution < -0.4 is 0 Å². The first-order valence-corrected chi connectivity index (χ1v) is 10.6. The van der Waals surface area contributed by atoms with Gasteiger partial charge in [-0.1, -0.05) is 19.3 Å². The second-order valence-corrected chi connectivity index (χ2v) is 7.40. The summed E-state index contributed by atoms with van der Waals surface area (Å²) in [6, 6.07) is 0. The SMILES string of the molecule is CCOC(OCC)[C@@H]1[C@@H](CCCCCCC(=O)O)[C@@H](OC(C)=O)C[C@H]1OC(C)=O. The minimum Gasteiger partial charge on any atom is -0.481 e. The van der Waals surface area contributed by atoms with Crippen molar-refractivity contribution in [1.29, 1.82) is 0 Å². The summed E-state index contributed by atoms with van der Waals surface area (Å²) >= 11 is 0. The third-order valence-corrected chi connectivity index (χ3v) is 5.15. The molecule has 168 valence electrons. The van der Waals surface area contributed by atoms with Crippen LogP contribution >= 0.6 is 0 Å². The topological polar surface area (TPSA) is 108 Å². The Balaban J connectivity index is 2.90. The van der Waals surface area contributed by atoms with Crippen LogP contribution in [0.4, 0.5) is 0 Å². The number of aliphatic carboxylic acids is 1. The van der Waals surface area contributed by atoms with Crippen molar-refractivity contribution in [1.82, 2.24) is 0 Å². The maximum absolute atomic E-state index is 11.6. The van der Waals surface area contributed by atoms with Crippen LogP contribution in [0.5, 0.6) is 0 Å². The molecule has 1 aliphatic carbocycles. The Kier molecular flexibility index (Phi) is 11.8. The van der Waals surface area contributed by atoms with Gasteiger partial charge in [-0.05, 0) is 26.7 Å². The van der Waals surface area contributed by atoms with Gasteiger partial charge in [0.15, 0.2) is 6.29 Å². The molecule has 1 fully saturated rings. The van der Waals surface area contributed by atoms with Crippen molar-refractivity contribution in [3.63, 3.8) is 0 Å². The van der Waals surface area contributed by atoms with Gasteiger partial charge in [-0.2, -0.15) is 0 Å². The molecule has 0 aromatic carbocycles. The molecule has 4 atom stereocenters. The van der Waals surface area contributed by atoms with Crippen LogP contribution in [0.15, 0.2) is 0 Å². The van der Waals surface area contributed by atoms with Crippen molar-refractivity contribution in [3.8, 4) is 0 Å². The molecular weight excluding hydrogens is 380 g/mol. The second-order valence-electron chi connectivity index (χ2n) is 7.40. The summed E-state index contributed by atoms with van der Waals surface area (Å²) in [5, 5.41) is 8.74. The molecule has 8 nitrogen and oxygen atoms in total. The first-order valence-electron chi connectivity index (χ1n) is 10.6. The predicted molar refractivity (Wildman–Crippen MR) is 105 cm³/mol. The smallest absolute Gasteiger partial charge is 0.303 e. The third kappa shape index (κ3) is 9.12. The van der Waals surface area contributed by atoms with E-state index >= 15 is 0 Å². The highest BCUT2D eigenvalue weighted by molar-refractivity contribution is 5.67. The lowest BCUT2D eigenvalue weighted by Gasteiger charge is -2.32. The largest absolute Gasteiger partial charge is 0.481 e. The highest BCUT2D eigenvalue weighted by atomic mass is 16.7. The lowest BCUT2D eigenvalue weighted by Crippen LogP contribution is -2.39.